The molecular weight excluding hydrogens is 254 g/mol. The SMILES string of the molecule is CCOCCN(CC)c1ccc(C=CC(=O)O)c(C)c1. The van der Waals surface area contributed by atoms with Crippen molar-refractivity contribution in [3.63, 3.8) is 0 Å². The minimum Gasteiger partial charge on any atom is -0.478 e. The minimum absolute atomic E-state index is 0.712. The second kappa shape index (κ2) is 8.38. The second-order valence-corrected chi connectivity index (χ2v) is 4.49. The third-order valence-electron chi connectivity index (χ3n) is 3.12. The van der Waals surface area contributed by atoms with Gasteiger partial charge in [0.15, 0.2) is 0 Å². The Morgan fingerprint density at radius 2 is 2.15 bits per heavy atom. The molecule has 20 heavy (non-hydrogen) atoms. The van der Waals surface area contributed by atoms with Gasteiger partial charge >= 0.3 is 5.97 Å². The summed E-state index contributed by atoms with van der Waals surface area (Å²) in [5.74, 6) is -0.930. The molecule has 0 saturated carbocycles. The van der Waals surface area contributed by atoms with Crippen LogP contribution in [0.1, 0.15) is 25.0 Å². The van der Waals surface area contributed by atoms with Crippen LogP contribution >= 0.6 is 0 Å². The van der Waals surface area contributed by atoms with Crippen LogP contribution in [0, 0.1) is 6.92 Å². The second-order valence-electron chi connectivity index (χ2n) is 4.49. The van der Waals surface area contributed by atoms with E-state index in [-0.39, 0.29) is 0 Å². The van der Waals surface area contributed by atoms with E-state index in [4.69, 9.17) is 9.84 Å². The van der Waals surface area contributed by atoms with Crippen molar-refractivity contribution >= 4 is 17.7 Å². The molecule has 1 aromatic carbocycles. The van der Waals surface area contributed by atoms with E-state index in [1.54, 1.807) is 6.08 Å². The molecule has 0 aliphatic carbocycles. The maximum atomic E-state index is 10.5. The van der Waals surface area contributed by atoms with Crippen molar-refractivity contribution in [3.8, 4) is 0 Å². The van der Waals surface area contributed by atoms with E-state index in [2.05, 4.69) is 17.9 Å². The average molecular weight is 277 g/mol. The molecule has 0 atom stereocenters. The first kappa shape index (κ1) is 16.2. The highest BCUT2D eigenvalue weighted by Crippen LogP contribution is 2.20. The molecule has 0 spiro atoms. The van der Waals surface area contributed by atoms with Gasteiger partial charge in [0, 0.05) is 31.5 Å². The molecule has 110 valence electrons. The van der Waals surface area contributed by atoms with Crippen molar-refractivity contribution in [1.29, 1.82) is 0 Å². The Hall–Kier alpha value is -1.81. The highest BCUT2D eigenvalue weighted by atomic mass is 16.5. The van der Waals surface area contributed by atoms with Crippen LogP contribution in [0.2, 0.25) is 0 Å². The lowest BCUT2D eigenvalue weighted by atomic mass is 10.1. The lowest BCUT2D eigenvalue weighted by molar-refractivity contribution is -0.131. The Kier molecular flexibility index (Phi) is 6.81. The molecule has 1 rings (SSSR count). The van der Waals surface area contributed by atoms with E-state index in [1.165, 1.54) is 0 Å². The smallest absolute Gasteiger partial charge is 0.328 e. The molecule has 0 radical (unpaired) electrons. The molecular formula is C16H23NO3. The Balaban J connectivity index is 2.81. The number of carboxylic acids is 1. The zero-order valence-corrected chi connectivity index (χ0v) is 12.4. The molecule has 4 heteroatoms. The van der Waals surface area contributed by atoms with Crippen molar-refractivity contribution in [3.05, 3.63) is 35.4 Å². The number of carboxylic acid groups (broad SMARTS) is 1. The summed E-state index contributed by atoms with van der Waals surface area (Å²) in [4.78, 5) is 12.8. The molecule has 0 heterocycles. The number of aryl methyl sites for hydroxylation is 1. The molecule has 1 aromatic rings. The predicted octanol–water partition coefficient (Wildman–Crippen LogP) is 2.96. The Labute approximate surface area is 120 Å². The number of benzene rings is 1. The fourth-order valence-electron chi connectivity index (χ4n) is 1.99. The number of carbonyl (C=O) groups is 1. The van der Waals surface area contributed by atoms with Crippen LogP contribution in [0.3, 0.4) is 0 Å². The number of ether oxygens (including phenoxy) is 1. The van der Waals surface area contributed by atoms with Gasteiger partial charge in [-0.05, 0) is 50.1 Å². The molecule has 0 amide bonds. The lowest BCUT2D eigenvalue weighted by Gasteiger charge is -2.23. The van der Waals surface area contributed by atoms with Crippen LogP contribution in [-0.4, -0.2) is 37.4 Å². The topological polar surface area (TPSA) is 49.8 Å². The third kappa shape index (κ3) is 5.05. The summed E-state index contributed by atoms with van der Waals surface area (Å²) < 4.78 is 5.39. The minimum atomic E-state index is -0.930. The first-order valence-corrected chi connectivity index (χ1v) is 6.92. The van der Waals surface area contributed by atoms with Gasteiger partial charge in [-0.15, -0.1) is 0 Å². The summed E-state index contributed by atoms with van der Waals surface area (Å²) in [5, 5.41) is 8.66. The molecule has 0 aliphatic rings. The lowest BCUT2D eigenvalue weighted by Crippen LogP contribution is -2.27. The van der Waals surface area contributed by atoms with E-state index in [9.17, 15) is 4.79 Å². The van der Waals surface area contributed by atoms with E-state index in [1.807, 2.05) is 26.0 Å². The summed E-state index contributed by atoms with van der Waals surface area (Å²) >= 11 is 0. The maximum Gasteiger partial charge on any atom is 0.328 e. The monoisotopic (exact) mass is 277 g/mol. The van der Waals surface area contributed by atoms with Crippen molar-refractivity contribution in [2.75, 3.05) is 31.2 Å². The standard InChI is InChI=1S/C16H23NO3/c1-4-17(10-11-20-5-2)15-8-6-14(13(3)12-15)7-9-16(18)19/h6-9,12H,4-5,10-11H2,1-3H3,(H,18,19). The largest absolute Gasteiger partial charge is 0.478 e. The third-order valence-corrected chi connectivity index (χ3v) is 3.12. The summed E-state index contributed by atoms with van der Waals surface area (Å²) in [6.45, 7) is 9.30. The van der Waals surface area contributed by atoms with Crippen LogP contribution in [-0.2, 0) is 9.53 Å². The van der Waals surface area contributed by atoms with E-state index in [0.29, 0.717) is 6.61 Å². The van der Waals surface area contributed by atoms with Gasteiger partial charge in [0.05, 0.1) is 6.61 Å². The number of anilines is 1. The Bertz CT molecular complexity index is 469. The molecule has 0 aliphatic heterocycles. The Morgan fingerprint density at radius 3 is 2.70 bits per heavy atom. The van der Waals surface area contributed by atoms with Crippen LogP contribution in [0.25, 0.3) is 6.08 Å². The van der Waals surface area contributed by atoms with Crippen LogP contribution in [0.4, 0.5) is 5.69 Å². The van der Waals surface area contributed by atoms with Crippen molar-refractivity contribution < 1.29 is 14.6 Å². The molecule has 0 bridgehead atoms. The number of nitrogens with zero attached hydrogens (tertiary/aromatic N) is 1. The van der Waals surface area contributed by atoms with Gasteiger partial charge in [-0.2, -0.15) is 0 Å². The first-order valence-electron chi connectivity index (χ1n) is 6.92. The quantitative estimate of drug-likeness (QED) is 0.586. The summed E-state index contributed by atoms with van der Waals surface area (Å²) in [7, 11) is 0. The molecule has 0 unspecified atom stereocenters. The van der Waals surface area contributed by atoms with Crippen LogP contribution in [0.15, 0.2) is 24.3 Å². The van der Waals surface area contributed by atoms with Gasteiger partial charge in [-0.3, -0.25) is 0 Å². The maximum absolute atomic E-state index is 10.5. The first-order chi connectivity index (χ1) is 9.58. The number of hydrogen-bond donors (Lipinski definition) is 1. The average Bonchev–Trinajstić information content (AvgIpc) is 2.42. The van der Waals surface area contributed by atoms with Gasteiger partial charge in [-0.1, -0.05) is 6.07 Å². The summed E-state index contributed by atoms with van der Waals surface area (Å²) in [6.07, 6.45) is 2.78. The highest BCUT2D eigenvalue weighted by Gasteiger charge is 2.05. The fraction of sp³-hybridized carbons (Fsp3) is 0.438. The highest BCUT2D eigenvalue weighted by molar-refractivity contribution is 5.85. The molecule has 1 N–H and O–H groups in total. The number of hydrogen-bond acceptors (Lipinski definition) is 3. The molecule has 0 fully saturated rings. The molecule has 0 saturated heterocycles. The van der Waals surface area contributed by atoms with Gasteiger partial charge in [0.2, 0.25) is 0 Å². The summed E-state index contributed by atoms with van der Waals surface area (Å²) in [6, 6.07) is 6.05. The fourth-order valence-corrected chi connectivity index (χ4v) is 1.99. The zero-order valence-electron chi connectivity index (χ0n) is 12.4. The van der Waals surface area contributed by atoms with Gasteiger partial charge in [0.1, 0.15) is 0 Å². The van der Waals surface area contributed by atoms with E-state index in [0.717, 1.165) is 42.6 Å². The number of aliphatic carboxylic acids is 1. The van der Waals surface area contributed by atoms with Gasteiger partial charge < -0.3 is 14.7 Å². The van der Waals surface area contributed by atoms with Crippen molar-refractivity contribution in [2.45, 2.75) is 20.8 Å². The van der Waals surface area contributed by atoms with Crippen molar-refractivity contribution in [1.82, 2.24) is 0 Å². The van der Waals surface area contributed by atoms with E-state index >= 15 is 0 Å². The normalized spacial score (nSPS) is 10.9. The van der Waals surface area contributed by atoms with Crippen molar-refractivity contribution in [2.24, 2.45) is 0 Å². The van der Waals surface area contributed by atoms with Crippen LogP contribution in [0.5, 0.6) is 0 Å². The number of rotatable bonds is 8. The number of likely N-dealkylation sites (N-methyl/N-ethyl adjacent to an activating group) is 1. The van der Waals surface area contributed by atoms with Gasteiger partial charge in [0.25, 0.3) is 0 Å². The van der Waals surface area contributed by atoms with Crippen LogP contribution < -0.4 is 4.90 Å². The predicted molar refractivity (Wildman–Crippen MR) is 82.2 cm³/mol. The summed E-state index contributed by atoms with van der Waals surface area (Å²) in [5.41, 5.74) is 3.13. The van der Waals surface area contributed by atoms with E-state index < -0.39 is 5.97 Å². The zero-order chi connectivity index (χ0) is 15.0. The molecule has 4 nitrogen and oxygen atoms in total. The molecule has 0 aromatic heterocycles. The Morgan fingerprint density at radius 1 is 1.40 bits per heavy atom. The van der Waals surface area contributed by atoms with Gasteiger partial charge in [-0.25, -0.2) is 4.79 Å².